The minimum atomic E-state index is -3.82. The van der Waals surface area contributed by atoms with E-state index >= 15 is 0 Å². The molecule has 2 amide bonds. The van der Waals surface area contributed by atoms with Crippen molar-refractivity contribution in [2.75, 3.05) is 10.6 Å². The van der Waals surface area contributed by atoms with E-state index in [1.807, 2.05) is 30.3 Å². The third-order valence-electron chi connectivity index (χ3n) is 4.57. The fraction of sp³-hybridized carbons (Fsp3) is 0.105. The Morgan fingerprint density at radius 1 is 1.14 bits per heavy atom. The lowest BCUT2D eigenvalue weighted by Crippen LogP contribution is -2.35. The summed E-state index contributed by atoms with van der Waals surface area (Å²) in [4.78, 5) is 25.0. The van der Waals surface area contributed by atoms with Crippen molar-refractivity contribution in [1.29, 1.82) is 0 Å². The monoisotopic (exact) mass is 411 g/mol. The van der Waals surface area contributed by atoms with Crippen LogP contribution in [0.2, 0.25) is 0 Å². The van der Waals surface area contributed by atoms with E-state index in [4.69, 9.17) is 5.14 Å². The van der Waals surface area contributed by atoms with Crippen LogP contribution in [0.15, 0.2) is 65.7 Å². The van der Waals surface area contributed by atoms with Gasteiger partial charge in [-0.2, -0.15) is 5.10 Å². The third kappa shape index (κ3) is 3.75. The molecule has 1 atom stereocenters. The zero-order valence-electron chi connectivity index (χ0n) is 15.1. The highest BCUT2D eigenvalue weighted by Crippen LogP contribution is 2.34. The molecule has 4 rings (SSSR count). The largest absolute Gasteiger partial charge is 0.324 e. The molecule has 1 aliphatic rings. The Kier molecular flexibility index (Phi) is 4.65. The molecule has 4 N–H and O–H groups in total. The van der Waals surface area contributed by atoms with Crippen LogP contribution in [-0.2, 0) is 19.6 Å². The molecule has 0 bridgehead atoms. The molecule has 0 aliphatic carbocycles. The summed E-state index contributed by atoms with van der Waals surface area (Å²) in [6.07, 6.45) is 1.54. The Morgan fingerprint density at radius 2 is 1.83 bits per heavy atom. The smallest absolute Gasteiger partial charge is 0.249 e. The van der Waals surface area contributed by atoms with E-state index in [1.165, 1.54) is 28.9 Å². The zero-order chi connectivity index (χ0) is 20.6. The van der Waals surface area contributed by atoms with E-state index in [1.54, 1.807) is 6.20 Å². The molecule has 2 aromatic carbocycles. The van der Waals surface area contributed by atoms with Gasteiger partial charge in [0.1, 0.15) is 11.9 Å². The van der Waals surface area contributed by atoms with Gasteiger partial charge in [0.2, 0.25) is 21.8 Å². The summed E-state index contributed by atoms with van der Waals surface area (Å²) in [6, 6.07) is 14.0. The van der Waals surface area contributed by atoms with Crippen LogP contribution in [-0.4, -0.2) is 30.0 Å². The van der Waals surface area contributed by atoms with Crippen molar-refractivity contribution in [3.63, 3.8) is 0 Å². The molecule has 29 heavy (non-hydrogen) atoms. The van der Waals surface area contributed by atoms with Gasteiger partial charge in [0.05, 0.1) is 17.5 Å². The second-order valence-corrected chi connectivity index (χ2v) is 8.11. The van der Waals surface area contributed by atoms with E-state index in [0.717, 1.165) is 5.56 Å². The van der Waals surface area contributed by atoms with Crippen LogP contribution < -0.4 is 15.8 Å². The Labute approximate surface area is 166 Å². The molecule has 3 aromatic rings. The highest BCUT2D eigenvalue weighted by molar-refractivity contribution is 7.89. The molecule has 1 aromatic heterocycles. The van der Waals surface area contributed by atoms with Crippen molar-refractivity contribution in [3.05, 3.63) is 60.8 Å². The molecule has 9 nitrogen and oxygen atoms in total. The summed E-state index contributed by atoms with van der Waals surface area (Å²) in [5.74, 6) is -0.274. The van der Waals surface area contributed by atoms with Gasteiger partial charge in [-0.05, 0) is 29.8 Å². The molecule has 1 unspecified atom stereocenters. The lowest BCUT2D eigenvalue weighted by Gasteiger charge is -2.24. The summed E-state index contributed by atoms with van der Waals surface area (Å²) >= 11 is 0. The summed E-state index contributed by atoms with van der Waals surface area (Å²) in [6.45, 7) is 0. The van der Waals surface area contributed by atoms with E-state index < -0.39 is 22.0 Å². The molecule has 0 fully saturated rings. The predicted molar refractivity (Wildman–Crippen MR) is 106 cm³/mol. The number of nitrogens with one attached hydrogen (secondary N) is 2. The molecule has 0 saturated carbocycles. The van der Waals surface area contributed by atoms with Crippen LogP contribution >= 0.6 is 0 Å². The topological polar surface area (TPSA) is 136 Å². The quantitative estimate of drug-likeness (QED) is 0.600. The second kappa shape index (κ2) is 7.15. The SMILES string of the molecule is NS(=O)(=O)c1ccc(NC(=O)C2CC(=O)Nc3c(-c4ccccc4)cnn32)cc1. The van der Waals surface area contributed by atoms with Crippen molar-refractivity contribution in [2.24, 2.45) is 5.14 Å². The minimum Gasteiger partial charge on any atom is -0.324 e. The number of amides is 2. The van der Waals surface area contributed by atoms with Gasteiger partial charge in [-0.3, -0.25) is 9.59 Å². The maximum absolute atomic E-state index is 12.8. The molecular formula is C19H17N5O4S. The highest BCUT2D eigenvalue weighted by atomic mass is 32.2. The van der Waals surface area contributed by atoms with E-state index in [2.05, 4.69) is 15.7 Å². The molecule has 148 valence electrons. The fourth-order valence-electron chi connectivity index (χ4n) is 3.15. The van der Waals surface area contributed by atoms with Gasteiger partial charge in [0, 0.05) is 11.3 Å². The molecule has 0 saturated heterocycles. The molecule has 2 heterocycles. The summed E-state index contributed by atoms with van der Waals surface area (Å²) < 4.78 is 24.2. The number of carbonyl (C=O) groups excluding carboxylic acids is 2. The van der Waals surface area contributed by atoms with Gasteiger partial charge >= 0.3 is 0 Å². The average Bonchev–Trinajstić information content (AvgIpc) is 3.11. The Balaban J connectivity index is 1.61. The van der Waals surface area contributed by atoms with Gasteiger partial charge in [-0.15, -0.1) is 0 Å². The number of benzene rings is 2. The number of hydrogen-bond acceptors (Lipinski definition) is 5. The standard InChI is InChI=1S/C19H17N5O4S/c20-29(27,28)14-8-6-13(7-9-14)22-19(26)16-10-17(25)23-18-15(11-21-24(16)18)12-4-2-1-3-5-12/h1-9,11,16H,10H2,(H,22,26)(H,23,25)(H2,20,27,28). The van der Waals surface area contributed by atoms with Crippen LogP contribution in [0, 0.1) is 0 Å². The van der Waals surface area contributed by atoms with Gasteiger partial charge in [0.25, 0.3) is 0 Å². The zero-order valence-corrected chi connectivity index (χ0v) is 15.9. The first-order valence-electron chi connectivity index (χ1n) is 8.69. The number of hydrogen-bond donors (Lipinski definition) is 3. The van der Waals surface area contributed by atoms with Gasteiger partial charge in [0.15, 0.2) is 0 Å². The third-order valence-corrected chi connectivity index (χ3v) is 5.49. The predicted octanol–water partition coefficient (Wildman–Crippen LogP) is 1.72. The van der Waals surface area contributed by atoms with E-state index in [0.29, 0.717) is 17.1 Å². The number of sulfonamides is 1. The average molecular weight is 411 g/mol. The maximum Gasteiger partial charge on any atom is 0.249 e. The van der Waals surface area contributed by atoms with Crippen LogP contribution in [0.1, 0.15) is 12.5 Å². The summed E-state index contributed by atoms with van der Waals surface area (Å²) in [7, 11) is -3.82. The van der Waals surface area contributed by atoms with Crippen molar-refractivity contribution in [3.8, 4) is 11.1 Å². The lowest BCUT2D eigenvalue weighted by atomic mass is 10.1. The first-order valence-corrected chi connectivity index (χ1v) is 10.2. The van der Waals surface area contributed by atoms with E-state index in [-0.39, 0.29) is 17.2 Å². The second-order valence-electron chi connectivity index (χ2n) is 6.54. The number of fused-ring (bicyclic) bond motifs is 1. The van der Waals surface area contributed by atoms with Crippen LogP contribution in [0.4, 0.5) is 11.5 Å². The minimum absolute atomic E-state index is 0.0607. The van der Waals surface area contributed by atoms with Crippen molar-refractivity contribution in [2.45, 2.75) is 17.4 Å². The highest BCUT2D eigenvalue weighted by Gasteiger charge is 2.33. The van der Waals surface area contributed by atoms with Crippen molar-refractivity contribution < 1.29 is 18.0 Å². The van der Waals surface area contributed by atoms with Crippen LogP contribution in [0.25, 0.3) is 11.1 Å². The summed E-state index contributed by atoms with van der Waals surface area (Å²) in [5.41, 5.74) is 1.97. The normalized spacial score (nSPS) is 16.0. The number of rotatable bonds is 4. The van der Waals surface area contributed by atoms with Crippen molar-refractivity contribution in [1.82, 2.24) is 9.78 Å². The lowest BCUT2D eigenvalue weighted by molar-refractivity contribution is -0.125. The van der Waals surface area contributed by atoms with Crippen molar-refractivity contribution >= 4 is 33.3 Å². The molecular weight excluding hydrogens is 394 g/mol. The number of aromatic nitrogens is 2. The number of nitrogens with two attached hydrogens (primary N) is 1. The molecule has 0 spiro atoms. The van der Waals surface area contributed by atoms with Gasteiger partial charge < -0.3 is 10.6 Å². The number of nitrogens with zero attached hydrogens (tertiary/aromatic N) is 2. The Hall–Kier alpha value is -3.50. The van der Waals surface area contributed by atoms with Crippen LogP contribution in [0.3, 0.4) is 0 Å². The molecule has 1 aliphatic heterocycles. The molecule has 10 heteroatoms. The Morgan fingerprint density at radius 3 is 2.48 bits per heavy atom. The maximum atomic E-state index is 12.8. The van der Waals surface area contributed by atoms with Gasteiger partial charge in [-0.1, -0.05) is 30.3 Å². The van der Waals surface area contributed by atoms with Gasteiger partial charge in [-0.25, -0.2) is 18.2 Å². The number of primary sulfonamides is 1. The van der Waals surface area contributed by atoms with E-state index in [9.17, 15) is 18.0 Å². The molecule has 0 radical (unpaired) electrons. The summed E-state index contributed by atoms with van der Waals surface area (Å²) in [5, 5.41) is 14.8. The van der Waals surface area contributed by atoms with Crippen LogP contribution in [0.5, 0.6) is 0 Å². The fourth-order valence-corrected chi connectivity index (χ4v) is 3.67. The number of carbonyl (C=O) groups is 2. The Bertz CT molecular complexity index is 1190. The first kappa shape index (κ1) is 18.8. The number of anilines is 2. The first-order chi connectivity index (χ1) is 13.8.